The Balaban J connectivity index is 1.49. The van der Waals surface area contributed by atoms with Gasteiger partial charge in [0.2, 0.25) is 23.4 Å². The molecule has 4 rings (SSSR count). The zero-order valence-electron chi connectivity index (χ0n) is 14.4. The number of tetrazole rings is 1. The first-order valence-electron chi connectivity index (χ1n) is 8.22. The van der Waals surface area contributed by atoms with E-state index in [2.05, 4.69) is 30.9 Å². The summed E-state index contributed by atoms with van der Waals surface area (Å²) in [4.78, 5) is 17.9. The molecule has 2 aromatic heterocycles. The average molecular weight is 361 g/mol. The third-order valence-electron chi connectivity index (χ3n) is 3.74. The van der Waals surface area contributed by atoms with Crippen molar-refractivity contribution in [2.75, 3.05) is 5.32 Å². The summed E-state index contributed by atoms with van der Waals surface area (Å²) in [7, 11) is 0. The smallest absolute Gasteiger partial charge is 0.248 e. The van der Waals surface area contributed by atoms with E-state index in [9.17, 15) is 4.79 Å². The van der Waals surface area contributed by atoms with Gasteiger partial charge in [0.15, 0.2) is 0 Å². The largest absolute Gasteiger partial charge is 0.339 e. The Bertz CT molecular complexity index is 1070. The van der Waals surface area contributed by atoms with Gasteiger partial charge in [0, 0.05) is 18.1 Å². The standard InChI is InChI=1S/C18H15N7O2/c1-12-19-18(23-27-12)14-9-5-6-10-15(14)20-16(26)11-25-22-17(21-24-25)13-7-3-2-4-8-13/h2-10H,11H2,1H3,(H,20,26). The van der Waals surface area contributed by atoms with Crippen LogP contribution in [0.2, 0.25) is 0 Å². The van der Waals surface area contributed by atoms with Crippen molar-refractivity contribution in [3.63, 3.8) is 0 Å². The fourth-order valence-corrected chi connectivity index (χ4v) is 2.53. The van der Waals surface area contributed by atoms with Gasteiger partial charge in [0.05, 0.1) is 5.69 Å². The van der Waals surface area contributed by atoms with Crippen molar-refractivity contribution in [2.24, 2.45) is 0 Å². The molecule has 0 fully saturated rings. The molecule has 2 heterocycles. The number of benzene rings is 2. The number of carbonyl (C=O) groups excluding carboxylic acids is 1. The lowest BCUT2D eigenvalue weighted by Gasteiger charge is -2.08. The zero-order valence-corrected chi connectivity index (χ0v) is 14.4. The first-order valence-corrected chi connectivity index (χ1v) is 8.22. The number of hydrogen-bond acceptors (Lipinski definition) is 7. The van der Waals surface area contributed by atoms with Crippen LogP contribution in [0.25, 0.3) is 22.8 Å². The molecule has 27 heavy (non-hydrogen) atoms. The fraction of sp³-hybridized carbons (Fsp3) is 0.111. The molecule has 0 bridgehead atoms. The van der Waals surface area contributed by atoms with E-state index in [-0.39, 0.29) is 12.5 Å². The van der Waals surface area contributed by atoms with Crippen molar-refractivity contribution in [2.45, 2.75) is 13.5 Å². The van der Waals surface area contributed by atoms with Crippen LogP contribution in [0.5, 0.6) is 0 Å². The normalized spacial score (nSPS) is 10.7. The van der Waals surface area contributed by atoms with Gasteiger partial charge < -0.3 is 9.84 Å². The fourth-order valence-electron chi connectivity index (χ4n) is 2.53. The molecule has 0 spiro atoms. The molecule has 0 aliphatic heterocycles. The number of carbonyl (C=O) groups is 1. The maximum atomic E-state index is 12.4. The average Bonchev–Trinajstić information content (AvgIpc) is 3.32. The lowest BCUT2D eigenvalue weighted by atomic mass is 10.1. The van der Waals surface area contributed by atoms with Crippen LogP contribution in [0.4, 0.5) is 5.69 Å². The van der Waals surface area contributed by atoms with Crippen molar-refractivity contribution in [3.8, 4) is 22.8 Å². The van der Waals surface area contributed by atoms with E-state index in [1.54, 1.807) is 19.1 Å². The SMILES string of the molecule is Cc1nc(-c2ccccc2NC(=O)Cn2nnc(-c3ccccc3)n2)no1. The van der Waals surface area contributed by atoms with Crippen molar-refractivity contribution in [1.82, 2.24) is 30.3 Å². The third kappa shape index (κ3) is 3.71. The van der Waals surface area contributed by atoms with E-state index in [1.807, 2.05) is 42.5 Å². The minimum atomic E-state index is -0.292. The molecule has 1 amide bonds. The number of amides is 1. The van der Waals surface area contributed by atoms with Gasteiger partial charge in [-0.3, -0.25) is 4.79 Å². The van der Waals surface area contributed by atoms with E-state index < -0.39 is 0 Å². The van der Waals surface area contributed by atoms with Crippen molar-refractivity contribution >= 4 is 11.6 Å². The van der Waals surface area contributed by atoms with Crippen LogP contribution in [0.1, 0.15) is 5.89 Å². The van der Waals surface area contributed by atoms with E-state index in [1.165, 1.54) is 4.80 Å². The van der Waals surface area contributed by atoms with Crippen molar-refractivity contribution in [3.05, 3.63) is 60.5 Å². The van der Waals surface area contributed by atoms with Gasteiger partial charge in [-0.15, -0.1) is 10.2 Å². The van der Waals surface area contributed by atoms with Gasteiger partial charge in [-0.25, -0.2) is 0 Å². The Labute approximate surface area is 154 Å². The predicted molar refractivity (Wildman–Crippen MR) is 96.4 cm³/mol. The highest BCUT2D eigenvalue weighted by Gasteiger charge is 2.14. The number of nitrogens with zero attached hydrogens (tertiary/aromatic N) is 6. The van der Waals surface area contributed by atoms with Crippen LogP contribution >= 0.6 is 0 Å². The number of anilines is 1. The van der Waals surface area contributed by atoms with Crippen molar-refractivity contribution in [1.29, 1.82) is 0 Å². The Morgan fingerprint density at radius 3 is 2.63 bits per heavy atom. The molecule has 0 radical (unpaired) electrons. The van der Waals surface area contributed by atoms with Crippen LogP contribution < -0.4 is 5.32 Å². The van der Waals surface area contributed by atoms with Gasteiger partial charge >= 0.3 is 0 Å². The molecule has 0 unspecified atom stereocenters. The quantitative estimate of drug-likeness (QED) is 0.580. The summed E-state index contributed by atoms with van der Waals surface area (Å²) in [5.74, 6) is 1.03. The topological polar surface area (TPSA) is 112 Å². The molecule has 9 nitrogen and oxygen atoms in total. The maximum absolute atomic E-state index is 12.4. The zero-order chi connectivity index (χ0) is 18.6. The van der Waals surface area contributed by atoms with Crippen molar-refractivity contribution < 1.29 is 9.32 Å². The summed E-state index contributed by atoms with van der Waals surface area (Å²) in [6.07, 6.45) is 0. The van der Waals surface area contributed by atoms with Crippen LogP contribution in [0, 0.1) is 6.92 Å². The lowest BCUT2D eigenvalue weighted by molar-refractivity contribution is -0.117. The second-order valence-electron chi connectivity index (χ2n) is 5.74. The molecule has 4 aromatic rings. The highest BCUT2D eigenvalue weighted by atomic mass is 16.5. The predicted octanol–water partition coefficient (Wildman–Crippen LogP) is 2.34. The molecular weight excluding hydrogens is 346 g/mol. The molecule has 1 N–H and O–H groups in total. The molecule has 0 saturated heterocycles. The second-order valence-corrected chi connectivity index (χ2v) is 5.74. The van der Waals surface area contributed by atoms with Gasteiger partial charge in [0.1, 0.15) is 6.54 Å². The number of para-hydroxylation sites is 1. The summed E-state index contributed by atoms with van der Waals surface area (Å²) in [5, 5.41) is 18.9. The first kappa shape index (κ1) is 16.6. The Morgan fingerprint density at radius 1 is 1.07 bits per heavy atom. The van der Waals surface area contributed by atoms with Crippen LogP contribution in [-0.2, 0) is 11.3 Å². The number of aryl methyl sites for hydroxylation is 1. The van der Waals surface area contributed by atoms with Crippen LogP contribution in [0.15, 0.2) is 59.1 Å². The maximum Gasteiger partial charge on any atom is 0.248 e. The molecule has 134 valence electrons. The molecule has 2 aromatic carbocycles. The number of aromatic nitrogens is 6. The molecule has 0 aliphatic carbocycles. The van der Waals surface area contributed by atoms with E-state index in [0.29, 0.717) is 28.8 Å². The minimum absolute atomic E-state index is 0.0700. The van der Waals surface area contributed by atoms with Gasteiger partial charge in [-0.05, 0) is 17.3 Å². The van der Waals surface area contributed by atoms with Gasteiger partial charge in [-0.2, -0.15) is 9.78 Å². The summed E-state index contributed by atoms with van der Waals surface area (Å²) in [5.41, 5.74) is 2.08. The minimum Gasteiger partial charge on any atom is -0.339 e. The van der Waals surface area contributed by atoms with Gasteiger partial charge in [0.25, 0.3) is 0 Å². The number of rotatable bonds is 5. The van der Waals surface area contributed by atoms with Gasteiger partial charge in [-0.1, -0.05) is 47.6 Å². The van der Waals surface area contributed by atoms with Crippen LogP contribution in [0.3, 0.4) is 0 Å². The van der Waals surface area contributed by atoms with Crippen LogP contribution in [-0.4, -0.2) is 36.3 Å². The monoisotopic (exact) mass is 361 g/mol. The van der Waals surface area contributed by atoms with E-state index in [4.69, 9.17) is 4.52 Å². The second kappa shape index (κ2) is 7.16. The highest BCUT2D eigenvalue weighted by Crippen LogP contribution is 2.25. The first-order chi connectivity index (χ1) is 13.2. The molecule has 0 atom stereocenters. The molecular formula is C18H15N7O2. The molecule has 0 aliphatic rings. The Kier molecular flexibility index (Phi) is 4.40. The molecule has 9 heteroatoms. The van der Waals surface area contributed by atoms with E-state index in [0.717, 1.165) is 5.56 Å². The summed E-state index contributed by atoms with van der Waals surface area (Å²) < 4.78 is 5.01. The Hall–Kier alpha value is -3.88. The lowest BCUT2D eigenvalue weighted by Crippen LogP contribution is -2.20. The van der Waals surface area contributed by atoms with E-state index >= 15 is 0 Å². The number of nitrogens with one attached hydrogen (secondary N) is 1. The summed E-state index contributed by atoms with van der Waals surface area (Å²) >= 11 is 0. The summed E-state index contributed by atoms with van der Waals surface area (Å²) in [6, 6.07) is 16.7. The highest BCUT2D eigenvalue weighted by molar-refractivity contribution is 5.94. The number of hydrogen-bond donors (Lipinski definition) is 1. The summed E-state index contributed by atoms with van der Waals surface area (Å²) in [6.45, 7) is 1.64. The molecule has 0 saturated carbocycles. The Morgan fingerprint density at radius 2 is 1.85 bits per heavy atom. The third-order valence-corrected chi connectivity index (χ3v) is 3.74.